The van der Waals surface area contributed by atoms with Crippen LogP contribution in [0.4, 0.5) is 11.8 Å². The molecule has 148 valence electrons. The van der Waals surface area contributed by atoms with Crippen molar-refractivity contribution >= 4 is 22.7 Å². The summed E-state index contributed by atoms with van der Waals surface area (Å²) in [7, 11) is 0. The molecule has 0 aliphatic carbocycles. The van der Waals surface area contributed by atoms with Gasteiger partial charge in [-0.3, -0.25) is 0 Å². The number of para-hydroxylation sites is 1. The van der Waals surface area contributed by atoms with Crippen LogP contribution < -0.4 is 10.2 Å². The van der Waals surface area contributed by atoms with Crippen molar-refractivity contribution in [2.24, 2.45) is 0 Å². The summed E-state index contributed by atoms with van der Waals surface area (Å²) in [5, 5.41) is 4.79. The summed E-state index contributed by atoms with van der Waals surface area (Å²) in [5.41, 5.74) is 4.54. The Morgan fingerprint density at radius 3 is 2.48 bits per heavy atom. The summed E-state index contributed by atoms with van der Waals surface area (Å²) < 4.78 is 0. The van der Waals surface area contributed by atoms with Crippen LogP contribution in [-0.2, 0) is 6.42 Å². The summed E-state index contributed by atoms with van der Waals surface area (Å²) >= 11 is 0. The molecule has 0 aliphatic heterocycles. The molecule has 0 saturated carbocycles. The number of hydrogen-bond donors (Lipinski definition) is 2. The predicted octanol–water partition coefficient (Wildman–Crippen LogP) is 5.13. The summed E-state index contributed by atoms with van der Waals surface area (Å²) in [6.45, 7) is 6.83. The second-order valence-corrected chi connectivity index (χ2v) is 7.01. The topological polar surface area (TPSA) is 56.8 Å². The van der Waals surface area contributed by atoms with Gasteiger partial charge < -0.3 is 15.2 Å². The Bertz CT molecular complexity index is 1070. The third-order valence-electron chi connectivity index (χ3n) is 5.21. The molecular weight excluding hydrogens is 358 g/mol. The lowest BCUT2D eigenvalue weighted by Gasteiger charge is -2.20. The molecule has 0 atom stereocenters. The van der Waals surface area contributed by atoms with Gasteiger partial charge in [-0.05, 0) is 31.9 Å². The molecule has 5 nitrogen and oxygen atoms in total. The smallest absolute Gasteiger partial charge is 0.227 e. The number of aromatic nitrogens is 3. The van der Waals surface area contributed by atoms with Gasteiger partial charge in [0.25, 0.3) is 0 Å². The van der Waals surface area contributed by atoms with Gasteiger partial charge in [0.2, 0.25) is 5.95 Å². The molecule has 0 spiro atoms. The van der Waals surface area contributed by atoms with E-state index in [4.69, 9.17) is 9.97 Å². The fraction of sp³-hybridized carbons (Fsp3) is 0.250. The minimum atomic E-state index is 0.769. The van der Waals surface area contributed by atoms with Crippen molar-refractivity contribution in [2.75, 3.05) is 29.9 Å². The Morgan fingerprint density at radius 2 is 1.69 bits per heavy atom. The highest BCUT2D eigenvalue weighted by Crippen LogP contribution is 2.23. The van der Waals surface area contributed by atoms with Gasteiger partial charge in [-0.25, -0.2) is 4.98 Å². The maximum atomic E-state index is 4.81. The van der Waals surface area contributed by atoms with Crippen molar-refractivity contribution in [2.45, 2.75) is 20.3 Å². The number of benzene rings is 2. The van der Waals surface area contributed by atoms with Crippen molar-refractivity contribution in [1.29, 1.82) is 0 Å². The number of rotatable bonds is 8. The summed E-state index contributed by atoms with van der Waals surface area (Å²) in [6.07, 6.45) is 3.03. The van der Waals surface area contributed by atoms with E-state index < -0.39 is 0 Å². The van der Waals surface area contributed by atoms with Crippen molar-refractivity contribution in [3.05, 3.63) is 72.4 Å². The van der Waals surface area contributed by atoms with Gasteiger partial charge in [0, 0.05) is 48.4 Å². The van der Waals surface area contributed by atoms with Crippen LogP contribution in [0.3, 0.4) is 0 Å². The first-order chi connectivity index (χ1) is 14.3. The zero-order valence-corrected chi connectivity index (χ0v) is 17.0. The van der Waals surface area contributed by atoms with Crippen LogP contribution in [0.2, 0.25) is 0 Å². The van der Waals surface area contributed by atoms with E-state index in [1.54, 1.807) is 0 Å². The molecule has 4 rings (SSSR count). The Morgan fingerprint density at radius 1 is 0.931 bits per heavy atom. The first-order valence-corrected chi connectivity index (χ1v) is 10.3. The SMILES string of the molecule is CCN(CC)c1nc(NCCc2c[nH]c3ccccc23)cc(-c2ccccc2)n1. The zero-order chi connectivity index (χ0) is 20.1. The van der Waals surface area contributed by atoms with Crippen molar-refractivity contribution in [3.8, 4) is 11.3 Å². The molecule has 2 aromatic carbocycles. The van der Waals surface area contributed by atoms with Crippen LogP contribution in [-0.4, -0.2) is 34.6 Å². The number of aromatic amines is 1. The molecule has 4 aromatic rings. The predicted molar refractivity (Wildman–Crippen MR) is 122 cm³/mol. The molecular formula is C24H27N5. The molecule has 0 fully saturated rings. The second kappa shape index (κ2) is 8.78. The molecule has 0 aliphatic rings. The molecule has 0 amide bonds. The first-order valence-electron chi connectivity index (χ1n) is 10.3. The van der Waals surface area contributed by atoms with Gasteiger partial charge >= 0.3 is 0 Å². The van der Waals surface area contributed by atoms with Gasteiger partial charge in [0.15, 0.2) is 0 Å². The Kier molecular flexibility index (Phi) is 5.75. The highest BCUT2D eigenvalue weighted by atomic mass is 15.3. The lowest BCUT2D eigenvalue weighted by Crippen LogP contribution is -2.24. The molecule has 2 aromatic heterocycles. The number of fused-ring (bicyclic) bond motifs is 1. The van der Waals surface area contributed by atoms with E-state index in [0.29, 0.717) is 0 Å². The molecule has 2 heterocycles. The number of nitrogens with zero attached hydrogens (tertiary/aromatic N) is 3. The van der Waals surface area contributed by atoms with Gasteiger partial charge in [0.05, 0.1) is 5.69 Å². The summed E-state index contributed by atoms with van der Waals surface area (Å²) in [6, 6.07) is 20.7. The van der Waals surface area contributed by atoms with Gasteiger partial charge in [-0.1, -0.05) is 48.5 Å². The van der Waals surface area contributed by atoms with E-state index in [-0.39, 0.29) is 0 Å². The van der Waals surface area contributed by atoms with Crippen molar-refractivity contribution < 1.29 is 0 Å². The average molecular weight is 386 g/mol. The van der Waals surface area contributed by atoms with Crippen LogP contribution in [0.15, 0.2) is 66.9 Å². The summed E-state index contributed by atoms with van der Waals surface area (Å²) in [5.74, 6) is 1.63. The van der Waals surface area contributed by atoms with Gasteiger partial charge in [-0.15, -0.1) is 0 Å². The second-order valence-electron chi connectivity index (χ2n) is 7.01. The molecule has 0 radical (unpaired) electrons. The monoisotopic (exact) mass is 385 g/mol. The molecule has 29 heavy (non-hydrogen) atoms. The fourth-order valence-corrected chi connectivity index (χ4v) is 3.59. The highest BCUT2D eigenvalue weighted by Gasteiger charge is 2.11. The van der Waals surface area contributed by atoms with Crippen LogP contribution >= 0.6 is 0 Å². The van der Waals surface area contributed by atoms with Crippen LogP contribution in [0.1, 0.15) is 19.4 Å². The lowest BCUT2D eigenvalue weighted by molar-refractivity contribution is 0.821. The first kappa shape index (κ1) is 19.0. The van der Waals surface area contributed by atoms with E-state index in [9.17, 15) is 0 Å². The Labute approximate surface area is 171 Å². The van der Waals surface area contributed by atoms with Crippen molar-refractivity contribution in [1.82, 2.24) is 15.0 Å². The maximum Gasteiger partial charge on any atom is 0.227 e. The highest BCUT2D eigenvalue weighted by molar-refractivity contribution is 5.83. The van der Waals surface area contributed by atoms with Gasteiger partial charge in [-0.2, -0.15) is 4.98 Å². The lowest BCUT2D eigenvalue weighted by atomic mass is 10.1. The maximum absolute atomic E-state index is 4.81. The van der Waals surface area contributed by atoms with Crippen LogP contribution in [0.5, 0.6) is 0 Å². The number of nitrogens with one attached hydrogen (secondary N) is 2. The third kappa shape index (κ3) is 4.24. The normalized spacial score (nSPS) is 11.0. The minimum absolute atomic E-state index is 0.769. The largest absolute Gasteiger partial charge is 0.370 e. The molecule has 0 bridgehead atoms. The third-order valence-corrected chi connectivity index (χ3v) is 5.21. The molecule has 0 unspecified atom stereocenters. The minimum Gasteiger partial charge on any atom is -0.370 e. The van der Waals surface area contributed by atoms with Crippen molar-refractivity contribution in [3.63, 3.8) is 0 Å². The van der Waals surface area contributed by atoms with E-state index >= 15 is 0 Å². The fourth-order valence-electron chi connectivity index (χ4n) is 3.59. The zero-order valence-electron chi connectivity index (χ0n) is 17.0. The van der Waals surface area contributed by atoms with E-state index in [2.05, 4.69) is 71.6 Å². The molecule has 2 N–H and O–H groups in total. The Balaban J connectivity index is 1.56. The number of H-pyrrole nitrogens is 1. The van der Waals surface area contributed by atoms with Crippen LogP contribution in [0, 0.1) is 0 Å². The quantitative estimate of drug-likeness (QED) is 0.442. The van der Waals surface area contributed by atoms with Crippen LogP contribution in [0.25, 0.3) is 22.2 Å². The van der Waals surface area contributed by atoms with E-state index in [1.165, 1.54) is 16.5 Å². The molecule has 0 saturated heterocycles. The average Bonchev–Trinajstić information content (AvgIpc) is 3.18. The van der Waals surface area contributed by atoms with E-state index in [1.807, 2.05) is 24.3 Å². The number of anilines is 2. The van der Waals surface area contributed by atoms with Gasteiger partial charge in [0.1, 0.15) is 5.82 Å². The molecule has 5 heteroatoms. The Hall–Kier alpha value is -3.34. The standard InChI is InChI=1S/C24H27N5/c1-3-29(4-2)24-27-22(18-10-6-5-7-11-18)16-23(28-24)25-15-14-19-17-26-21-13-9-8-12-20(19)21/h5-13,16-17,26H,3-4,14-15H2,1-2H3,(H,25,27,28). The number of hydrogen-bond acceptors (Lipinski definition) is 4. The van der Waals surface area contributed by atoms with E-state index in [0.717, 1.165) is 49.1 Å². The summed E-state index contributed by atoms with van der Waals surface area (Å²) in [4.78, 5) is 15.1.